The molecule has 0 radical (unpaired) electrons. The summed E-state index contributed by atoms with van der Waals surface area (Å²) in [6, 6.07) is 1.59. The van der Waals surface area contributed by atoms with Crippen LogP contribution in [0.3, 0.4) is 0 Å². The second kappa shape index (κ2) is 5.72. The summed E-state index contributed by atoms with van der Waals surface area (Å²) in [4.78, 5) is 0.279. The van der Waals surface area contributed by atoms with E-state index in [4.69, 9.17) is 4.74 Å². The van der Waals surface area contributed by atoms with E-state index in [9.17, 15) is 13.5 Å². The molecule has 0 spiro atoms. The van der Waals surface area contributed by atoms with Crippen LogP contribution in [0.4, 0.5) is 0 Å². The lowest BCUT2D eigenvalue weighted by molar-refractivity contribution is -0.0114. The van der Waals surface area contributed by atoms with Gasteiger partial charge in [0.15, 0.2) is 0 Å². The summed E-state index contributed by atoms with van der Waals surface area (Å²) >= 11 is 0. The summed E-state index contributed by atoms with van der Waals surface area (Å²) in [5.74, 6) is 0. The van der Waals surface area contributed by atoms with E-state index in [1.807, 2.05) is 11.5 Å². The molecule has 3 rings (SSSR count). The first-order valence-corrected chi connectivity index (χ1v) is 8.94. The van der Waals surface area contributed by atoms with E-state index in [0.717, 1.165) is 19.3 Å². The highest BCUT2D eigenvalue weighted by Crippen LogP contribution is 2.30. The molecule has 7 heteroatoms. The Balaban J connectivity index is 1.87. The van der Waals surface area contributed by atoms with Crippen molar-refractivity contribution in [3.8, 4) is 0 Å². The molecular formula is C14H22N2O4S. The summed E-state index contributed by atoms with van der Waals surface area (Å²) in [6.45, 7) is 3.46. The average molecular weight is 314 g/mol. The molecule has 6 nitrogen and oxygen atoms in total. The zero-order valence-corrected chi connectivity index (χ0v) is 13.1. The number of fused-ring (bicyclic) bond motifs is 2. The highest BCUT2D eigenvalue weighted by Gasteiger charge is 2.39. The van der Waals surface area contributed by atoms with Crippen LogP contribution in [0.5, 0.6) is 0 Å². The Labute approximate surface area is 125 Å². The third kappa shape index (κ3) is 2.75. The van der Waals surface area contributed by atoms with Crippen LogP contribution < -0.4 is 0 Å². The van der Waals surface area contributed by atoms with Gasteiger partial charge in [0.2, 0.25) is 10.0 Å². The minimum Gasteiger partial charge on any atom is -0.390 e. The molecule has 2 aliphatic rings. The number of ether oxygens (including phenoxy) is 1. The molecule has 21 heavy (non-hydrogen) atoms. The highest BCUT2D eigenvalue weighted by atomic mass is 32.2. The molecule has 0 amide bonds. The number of hydrogen-bond acceptors (Lipinski definition) is 4. The van der Waals surface area contributed by atoms with Gasteiger partial charge in [0.05, 0.1) is 18.8 Å². The Morgan fingerprint density at radius 3 is 2.57 bits per heavy atom. The van der Waals surface area contributed by atoms with Gasteiger partial charge in [0.25, 0.3) is 0 Å². The monoisotopic (exact) mass is 314 g/mol. The van der Waals surface area contributed by atoms with Crippen molar-refractivity contribution < 1.29 is 18.3 Å². The quantitative estimate of drug-likeness (QED) is 0.878. The second-order valence-corrected chi connectivity index (χ2v) is 7.74. The van der Waals surface area contributed by atoms with Crippen LogP contribution in [0.2, 0.25) is 0 Å². The van der Waals surface area contributed by atoms with Crippen molar-refractivity contribution in [1.82, 2.24) is 8.87 Å². The fraction of sp³-hybridized carbons (Fsp3) is 0.714. The zero-order chi connectivity index (χ0) is 15.0. The van der Waals surface area contributed by atoms with Crippen LogP contribution >= 0.6 is 0 Å². The molecule has 0 aliphatic carbocycles. The molecule has 2 fully saturated rings. The number of aromatic nitrogens is 1. The summed E-state index contributed by atoms with van der Waals surface area (Å²) in [5.41, 5.74) is 0.645. The van der Waals surface area contributed by atoms with Crippen molar-refractivity contribution in [1.29, 1.82) is 0 Å². The molecule has 1 aromatic rings. The maximum absolute atomic E-state index is 12.8. The van der Waals surface area contributed by atoms with Crippen molar-refractivity contribution in [2.75, 3.05) is 13.1 Å². The van der Waals surface area contributed by atoms with E-state index in [-0.39, 0.29) is 23.7 Å². The number of sulfonamides is 1. The van der Waals surface area contributed by atoms with E-state index in [0.29, 0.717) is 25.3 Å². The lowest BCUT2D eigenvalue weighted by Crippen LogP contribution is -2.45. The van der Waals surface area contributed by atoms with Gasteiger partial charge in [-0.25, -0.2) is 8.42 Å². The van der Waals surface area contributed by atoms with Crippen LogP contribution in [0, 0.1) is 0 Å². The van der Waals surface area contributed by atoms with Crippen molar-refractivity contribution in [3.63, 3.8) is 0 Å². The third-order valence-electron chi connectivity index (χ3n) is 4.24. The van der Waals surface area contributed by atoms with Gasteiger partial charge in [-0.3, -0.25) is 0 Å². The molecular weight excluding hydrogens is 292 g/mol. The minimum atomic E-state index is -3.50. The van der Waals surface area contributed by atoms with E-state index >= 15 is 0 Å². The standard InChI is InChI=1S/C14H22N2O4S/c1-2-5-15-9-14(6-11(15)10-17)21(18,19)16-7-12-3-4-13(8-16)20-12/h6,9,12-13,17H,2-5,7-8,10H2,1H3. The molecule has 1 N–H and O–H groups in total. The van der Waals surface area contributed by atoms with E-state index in [1.54, 1.807) is 12.3 Å². The minimum absolute atomic E-state index is 0.0357. The number of rotatable bonds is 5. The lowest BCUT2D eigenvalue weighted by Gasteiger charge is -2.30. The number of aliphatic hydroxyl groups excluding tert-OH is 1. The molecule has 2 unspecified atom stereocenters. The van der Waals surface area contributed by atoms with Crippen molar-refractivity contribution >= 4 is 10.0 Å². The van der Waals surface area contributed by atoms with E-state index in [1.165, 1.54) is 4.31 Å². The molecule has 2 aliphatic heterocycles. The van der Waals surface area contributed by atoms with Crippen LogP contribution in [0.1, 0.15) is 31.9 Å². The summed E-state index contributed by atoms with van der Waals surface area (Å²) in [6.07, 6.45) is 4.48. The Hall–Kier alpha value is -0.890. The SMILES string of the molecule is CCCn1cc(S(=O)(=O)N2CC3CCC(C2)O3)cc1CO. The topological polar surface area (TPSA) is 71.8 Å². The first-order chi connectivity index (χ1) is 10.0. The second-order valence-electron chi connectivity index (χ2n) is 5.80. The van der Waals surface area contributed by atoms with Crippen molar-refractivity contribution in [2.24, 2.45) is 0 Å². The highest BCUT2D eigenvalue weighted by molar-refractivity contribution is 7.89. The van der Waals surface area contributed by atoms with Crippen molar-refractivity contribution in [2.45, 2.75) is 56.4 Å². The Kier molecular flexibility index (Phi) is 4.09. The zero-order valence-electron chi connectivity index (χ0n) is 12.2. The van der Waals surface area contributed by atoms with Gasteiger partial charge in [-0.1, -0.05) is 6.92 Å². The number of aliphatic hydroxyl groups is 1. The fourth-order valence-corrected chi connectivity index (χ4v) is 4.74. The lowest BCUT2D eigenvalue weighted by atomic mass is 10.2. The predicted octanol–water partition coefficient (Wildman–Crippen LogP) is 0.942. The van der Waals surface area contributed by atoms with Gasteiger partial charge in [0.1, 0.15) is 4.90 Å². The summed E-state index contributed by atoms with van der Waals surface area (Å²) in [5, 5.41) is 9.38. The van der Waals surface area contributed by atoms with Crippen LogP contribution in [-0.2, 0) is 27.9 Å². The molecule has 1 aromatic heterocycles. The average Bonchev–Trinajstić information content (AvgIpc) is 3.03. The van der Waals surface area contributed by atoms with Gasteiger partial charge >= 0.3 is 0 Å². The Morgan fingerprint density at radius 1 is 1.33 bits per heavy atom. The third-order valence-corrected chi connectivity index (χ3v) is 6.03. The van der Waals surface area contributed by atoms with Crippen LogP contribution in [0.15, 0.2) is 17.2 Å². The molecule has 3 heterocycles. The van der Waals surface area contributed by atoms with Gasteiger partial charge in [-0.15, -0.1) is 0 Å². The van der Waals surface area contributed by atoms with Crippen molar-refractivity contribution in [3.05, 3.63) is 18.0 Å². The van der Waals surface area contributed by atoms with Crippen LogP contribution in [0.25, 0.3) is 0 Å². The van der Waals surface area contributed by atoms with E-state index < -0.39 is 10.0 Å². The maximum atomic E-state index is 12.8. The molecule has 2 bridgehead atoms. The first kappa shape index (κ1) is 15.0. The number of nitrogens with zero attached hydrogens (tertiary/aromatic N) is 2. The van der Waals surface area contributed by atoms with Gasteiger partial charge in [0, 0.05) is 31.5 Å². The number of hydrogen-bond donors (Lipinski definition) is 1. The smallest absolute Gasteiger partial charge is 0.244 e. The summed E-state index contributed by atoms with van der Waals surface area (Å²) < 4.78 is 34.6. The normalized spacial score (nSPS) is 26.4. The molecule has 2 atom stereocenters. The number of morpholine rings is 1. The first-order valence-electron chi connectivity index (χ1n) is 7.50. The maximum Gasteiger partial charge on any atom is 0.244 e. The largest absolute Gasteiger partial charge is 0.390 e. The Morgan fingerprint density at radius 2 is 2.00 bits per heavy atom. The summed E-state index contributed by atoms with van der Waals surface area (Å²) in [7, 11) is -3.50. The van der Waals surface area contributed by atoms with Crippen LogP contribution in [-0.4, -0.2) is 47.7 Å². The van der Waals surface area contributed by atoms with E-state index in [2.05, 4.69) is 0 Å². The fourth-order valence-electron chi connectivity index (χ4n) is 3.17. The molecule has 0 saturated carbocycles. The molecule has 2 saturated heterocycles. The van der Waals surface area contributed by atoms with Gasteiger partial charge in [-0.05, 0) is 25.3 Å². The molecule has 0 aromatic carbocycles. The molecule has 118 valence electrons. The predicted molar refractivity (Wildman–Crippen MR) is 77.3 cm³/mol. The van der Waals surface area contributed by atoms with Gasteiger partial charge in [-0.2, -0.15) is 4.31 Å². The Bertz CT molecular complexity index is 598. The number of aryl methyl sites for hydroxylation is 1. The van der Waals surface area contributed by atoms with Gasteiger partial charge < -0.3 is 14.4 Å².